The predicted molar refractivity (Wildman–Crippen MR) is 97.3 cm³/mol. The van der Waals surface area contributed by atoms with Crippen molar-refractivity contribution in [3.63, 3.8) is 0 Å². The number of urea groups is 1. The van der Waals surface area contributed by atoms with Gasteiger partial charge in [-0.1, -0.05) is 13.0 Å². The van der Waals surface area contributed by atoms with Crippen molar-refractivity contribution in [3.8, 4) is 11.8 Å². The molecule has 1 aromatic carbocycles. The Kier molecular flexibility index (Phi) is 4.23. The van der Waals surface area contributed by atoms with Crippen LogP contribution in [0.15, 0.2) is 36.5 Å². The summed E-state index contributed by atoms with van der Waals surface area (Å²) in [6, 6.07) is 8.87. The van der Waals surface area contributed by atoms with Crippen LogP contribution in [0.3, 0.4) is 0 Å². The first-order valence-electron chi connectivity index (χ1n) is 8.91. The van der Waals surface area contributed by atoms with Crippen LogP contribution in [0, 0.1) is 23.1 Å². The van der Waals surface area contributed by atoms with Gasteiger partial charge in [-0.25, -0.2) is 14.2 Å². The van der Waals surface area contributed by atoms with Gasteiger partial charge < -0.3 is 10.1 Å². The van der Waals surface area contributed by atoms with Crippen molar-refractivity contribution >= 4 is 17.6 Å². The van der Waals surface area contributed by atoms with Crippen molar-refractivity contribution in [2.24, 2.45) is 5.92 Å². The minimum atomic E-state index is -1.21. The zero-order valence-electron chi connectivity index (χ0n) is 15.0. The van der Waals surface area contributed by atoms with E-state index in [9.17, 15) is 14.0 Å². The van der Waals surface area contributed by atoms with Gasteiger partial charge >= 0.3 is 6.03 Å². The Balaban J connectivity index is 1.60. The zero-order valence-corrected chi connectivity index (χ0v) is 15.0. The molecule has 2 aromatic rings. The Hall–Kier alpha value is -3.47. The first-order valence-corrected chi connectivity index (χ1v) is 8.91. The Labute approximate surface area is 160 Å². The molecule has 8 heteroatoms. The van der Waals surface area contributed by atoms with Gasteiger partial charge in [0.05, 0.1) is 12.2 Å². The molecule has 1 aliphatic carbocycles. The van der Waals surface area contributed by atoms with Gasteiger partial charge in [0.15, 0.2) is 5.78 Å². The van der Waals surface area contributed by atoms with E-state index >= 15 is 0 Å². The maximum absolute atomic E-state index is 14.5. The highest BCUT2D eigenvalue weighted by molar-refractivity contribution is 6.01. The van der Waals surface area contributed by atoms with Crippen LogP contribution >= 0.6 is 0 Å². The Morgan fingerprint density at radius 1 is 1.39 bits per heavy atom. The normalized spacial score (nSPS) is 24.0. The number of halogens is 1. The summed E-state index contributed by atoms with van der Waals surface area (Å²) < 4.78 is 20.1. The maximum Gasteiger partial charge on any atom is 0.321 e. The lowest BCUT2D eigenvalue weighted by atomic mass is 10.00. The highest BCUT2D eigenvalue weighted by Crippen LogP contribution is 2.63. The zero-order chi connectivity index (χ0) is 19.9. The average Bonchev–Trinajstić information content (AvgIpc) is 3.36. The van der Waals surface area contributed by atoms with Crippen LogP contribution in [-0.2, 0) is 4.79 Å². The Bertz CT molecular complexity index is 1000. The minimum absolute atomic E-state index is 0.176. The topological polar surface area (TPSA) is 104 Å². The number of pyridine rings is 1. The quantitative estimate of drug-likeness (QED) is 0.849. The highest BCUT2D eigenvalue weighted by Gasteiger charge is 2.72. The lowest BCUT2D eigenvalue weighted by molar-refractivity contribution is -0.122. The number of nitriles is 1. The molecule has 142 valence electrons. The number of amides is 2. The van der Waals surface area contributed by atoms with Crippen LogP contribution in [0.25, 0.3) is 0 Å². The van der Waals surface area contributed by atoms with E-state index in [0.29, 0.717) is 16.9 Å². The van der Waals surface area contributed by atoms with Crippen LogP contribution in [-0.4, -0.2) is 28.9 Å². The summed E-state index contributed by atoms with van der Waals surface area (Å²) in [7, 11) is 0. The first-order chi connectivity index (χ1) is 13.5. The van der Waals surface area contributed by atoms with Crippen molar-refractivity contribution in [1.82, 2.24) is 10.3 Å². The lowest BCUT2D eigenvalue weighted by Crippen LogP contribution is -2.48. The number of benzene rings is 1. The second-order valence-electron chi connectivity index (χ2n) is 6.82. The van der Waals surface area contributed by atoms with Crippen LogP contribution < -0.4 is 15.4 Å². The van der Waals surface area contributed by atoms with Crippen LogP contribution in [0.4, 0.5) is 15.0 Å². The smallest absolute Gasteiger partial charge is 0.321 e. The van der Waals surface area contributed by atoms with Gasteiger partial charge in [0.2, 0.25) is 0 Å². The lowest BCUT2D eigenvalue weighted by Gasteiger charge is -2.18. The highest BCUT2D eigenvalue weighted by atomic mass is 19.1. The van der Waals surface area contributed by atoms with Gasteiger partial charge in [-0.3, -0.25) is 10.1 Å². The molecule has 3 unspecified atom stereocenters. The van der Waals surface area contributed by atoms with Crippen molar-refractivity contribution in [2.45, 2.75) is 24.8 Å². The molecule has 1 aromatic heterocycles. The molecule has 0 spiro atoms. The molecule has 0 bridgehead atoms. The summed E-state index contributed by atoms with van der Waals surface area (Å²) in [5.41, 5.74) is -0.517. The predicted octanol–water partition coefficient (Wildman–Crippen LogP) is 2.74. The van der Waals surface area contributed by atoms with E-state index in [1.165, 1.54) is 24.4 Å². The number of nitrogens with zero attached hydrogens (tertiary/aromatic N) is 2. The van der Waals surface area contributed by atoms with Gasteiger partial charge in [0.1, 0.15) is 29.0 Å². The standard InChI is InChI=1S/C20H17FN4O3/c1-2-15(26)20(25-19(27)24-16-7-6-11(8-22)9-23-16)12-10-28-14-5-3-4-13(21)17(14)18(12)20/h3-7,9,12,18H,2,10H2,1H3,(H2,23,24,25,27). The third-order valence-electron chi connectivity index (χ3n) is 5.35. The summed E-state index contributed by atoms with van der Waals surface area (Å²) in [5.74, 6) is -0.780. The van der Waals surface area contributed by atoms with Gasteiger partial charge in [0.25, 0.3) is 0 Å². The number of Topliss-reactive ketones (excluding diaryl/α,β-unsaturated/α-hetero) is 1. The molecule has 2 N–H and O–H groups in total. The monoisotopic (exact) mass is 380 g/mol. The molecular weight excluding hydrogens is 363 g/mol. The second kappa shape index (κ2) is 6.60. The van der Waals surface area contributed by atoms with E-state index in [2.05, 4.69) is 15.6 Å². The summed E-state index contributed by atoms with van der Waals surface area (Å²) in [6.07, 6.45) is 1.53. The molecule has 28 heavy (non-hydrogen) atoms. The van der Waals surface area contributed by atoms with Crippen LogP contribution in [0.1, 0.15) is 30.4 Å². The number of hydrogen-bond donors (Lipinski definition) is 2. The Morgan fingerprint density at radius 3 is 2.89 bits per heavy atom. The molecule has 4 rings (SSSR count). The van der Waals surface area contributed by atoms with Gasteiger partial charge in [-0.05, 0) is 24.3 Å². The van der Waals surface area contributed by atoms with E-state index in [4.69, 9.17) is 10.00 Å². The fourth-order valence-electron chi connectivity index (χ4n) is 4.02. The molecule has 1 aliphatic heterocycles. The Morgan fingerprint density at radius 2 is 2.21 bits per heavy atom. The molecule has 2 aliphatic rings. The van der Waals surface area contributed by atoms with Crippen molar-refractivity contribution in [2.75, 3.05) is 11.9 Å². The van der Waals surface area contributed by atoms with Crippen molar-refractivity contribution in [1.29, 1.82) is 5.26 Å². The molecule has 3 atom stereocenters. The van der Waals surface area contributed by atoms with Crippen LogP contribution in [0.5, 0.6) is 5.75 Å². The SMILES string of the molecule is CCC(=O)C1(NC(=O)Nc2ccc(C#N)cn2)C2COc3cccc(F)c3C21. The molecule has 7 nitrogen and oxygen atoms in total. The molecule has 2 heterocycles. The number of rotatable bonds is 4. The largest absolute Gasteiger partial charge is 0.493 e. The molecule has 1 fully saturated rings. The number of fused-ring (bicyclic) bond motifs is 3. The number of anilines is 1. The maximum atomic E-state index is 14.5. The number of nitrogens with one attached hydrogen (secondary N) is 2. The van der Waals surface area contributed by atoms with Gasteiger partial charge in [-0.15, -0.1) is 0 Å². The third kappa shape index (κ3) is 2.67. The van der Waals surface area contributed by atoms with Gasteiger partial charge in [0, 0.05) is 30.0 Å². The van der Waals surface area contributed by atoms with E-state index in [1.54, 1.807) is 19.1 Å². The fourth-order valence-corrected chi connectivity index (χ4v) is 4.02. The first kappa shape index (κ1) is 17.9. The van der Waals surface area contributed by atoms with E-state index in [1.807, 2.05) is 6.07 Å². The average molecular weight is 380 g/mol. The summed E-state index contributed by atoms with van der Waals surface area (Å²) in [5, 5.41) is 14.1. The second-order valence-corrected chi connectivity index (χ2v) is 6.82. The van der Waals surface area contributed by atoms with Crippen LogP contribution in [0.2, 0.25) is 0 Å². The number of ketones is 1. The van der Waals surface area contributed by atoms with E-state index < -0.39 is 23.3 Å². The van der Waals surface area contributed by atoms with Crippen molar-refractivity contribution < 1.29 is 18.7 Å². The van der Waals surface area contributed by atoms with E-state index in [-0.39, 0.29) is 30.5 Å². The molecule has 0 radical (unpaired) electrons. The summed E-state index contributed by atoms with van der Waals surface area (Å²) in [4.78, 5) is 29.3. The number of ether oxygens (including phenoxy) is 1. The number of aromatic nitrogens is 1. The minimum Gasteiger partial charge on any atom is -0.493 e. The summed E-state index contributed by atoms with van der Waals surface area (Å²) in [6.45, 7) is 1.93. The fraction of sp³-hybridized carbons (Fsp3) is 0.300. The number of carbonyl (C=O) groups is 2. The summed E-state index contributed by atoms with van der Waals surface area (Å²) >= 11 is 0. The molecule has 1 saturated carbocycles. The number of hydrogen-bond acceptors (Lipinski definition) is 5. The number of carbonyl (C=O) groups excluding carboxylic acids is 2. The molecule has 2 amide bonds. The molecular formula is C20H17FN4O3. The molecule has 0 saturated heterocycles. The van der Waals surface area contributed by atoms with Gasteiger partial charge in [-0.2, -0.15) is 5.26 Å². The van der Waals surface area contributed by atoms with E-state index in [0.717, 1.165) is 0 Å². The third-order valence-corrected chi connectivity index (χ3v) is 5.35. The van der Waals surface area contributed by atoms with Crippen molar-refractivity contribution in [3.05, 3.63) is 53.5 Å².